The molecule has 0 bridgehead atoms. The molecule has 0 spiro atoms. The minimum Gasteiger partial charge on any atom is -0.334 e. The Hall–Kier alpha value is -2.86. The normalized spacial score (nSPS) is 19.4. The summed E-state index contributed by atoms with van der Waals surface area (Å²) in [7, 11) is 0.810. The molecule has 6 nitrogen and oxygen atoms in total. The zero-order valence-corrected chi connectivity index (χ0v) is 20.0. The lowest BCUT2D eigenvalue weighted by molar-refractivity contribution is -0.292. The summed E-state index contributed by atoms with van der Waals surface area (Å²) >= 11 is 6.79. The number of carbonyl (C=O) groups excluding carboxylic acids is 1. The lowest BCUT2D eigenvalue weighted by atomic mass is 10.1. The van der Waals surface area contributed by atoms with Crippen LogP contribution in [0, 0.1) is 11.3 Å². The maximum Gasteiger partial charge on any atom is 0.459 e. The van der Waals surface area contributed by atoms with E-state index in [0.717, 1.165) is 7.05 Å². The lowest BCUT2D eigenvalue weighted by Gasteiger charge is -2.20. The molecular formula is C21H14ClF8N5OS. The number of rotatable bonds is 5. The van der Waals surface area contributed by atoms with E-state index in [4.69, 9.17) is 11.6 Å². The highest BCUT2D eigenvalue weighted by Crippen LogP contribution is 2.50. The molecule has 0 saturated heterocycles. The number of carbonyl (C=O) groups is 1. The van der Waals surface area contributed by atoms with Crippen LogP contribution in [0.25, 0.3) is 0 Å². The van der Waals surface area contributed by atoms with Crippen LogP contribution in [-0.2, 0) is 19.1 Å². The van der Waals surface area contributed by atoms with Crippen LogP contribution in [0.1, 0.15) is 51.0 Å². The molecule has 1 N–H and O–H groups in total. The predicted molar refractivity (Wildman–Crippen MR) is 116 cm³/mol. The Morgan fingerprint density at radius 1 is 1.22 bits per heavy atom. The molecule has 1 amide bonds. The molecule has 0 radical (unpaired) electrons. The number of aromatic nitrogens is 2. The molecular weight excluding hydrogens is 558 g/mol. The van der Waals surface area contributed by atoms with Crippen molar-refractivity contribution < 1.29 is 39.9 Å². The fourth-order valence-corrected chi connectivity index (χ4v) is 5.06. The van der Waals surface area contributed by atoms with E-state index in [1.165, 1.54) is 18.2 Å². The van der Waals surface area contributed by atoms with E-state index in [9.17, 15) is 45.2 Å². The van der Waals surface area contributed by atoms with Crippen LogP contribution in [-0.4, -0.2) is 39.0 Å². The number of alkyl halides is 8. The van der Waals surface area contributed by atoms with Gasteiger partial charge in [-0.15, -0.1) is 0 Å². The Morgan fingerprint density at radius 2 is 1.86 bits per heavy atom. The van der Waals surface area contributed by atoms with Crippen molar-refractivity contribution in [2.75, 3.05) is 6.54 Å². The van der Waals surface area contributed by atoms with Crippen molar-refractivity contribution in [1.29, 1.82) is 5.26 Å². The second-order valence-electron chi connectivity index (χ2n) is 8.41. The van der Waals surface area contributed by atoms with Crippen LogP contribution < -0.4 is 5.32 Å². The number of nitrogens with zero attached hydrogens (tertiary/aromatic N) is 4. The molecule has 1 atom stereocenters. The molecule has 1 aliphatic carbocycles. The molecule has 2 aromatic rings. The number of amides is 1. The summed E-state index contributed by atoms with van der Waals surface area (Å²) in [5, 5.41) is 13.5. The molecule has 1 saturated carbocycles. The van der Waals surface area contributed by atoms with Crippen molar-refractivity contribution in [1.82, 2.24) is 15.1 Å². The molecule has 16 heteroatoms. The van der Waals surface area contributed by atoms with Crippen molar-refractivity contribution in [3.8, 4) is 6.07 Å². The zero-order valence-electron chi connectivity index (χ0n) is 18.4. The number of hydrogen-bond donors (Lipinski definition) is 1. The van der Waals surface area contributed by atoms with E-state index in [-0.39, 0.29) is 17.1 Å². The number of nitriles is 1. The molecule has 1 unspecified atom stereocenters. The highest BCUT2D eigenvalue weighted by atomic mass is 35.5. The molecule has 1 aliphatic heterocycles. The van der Waals surface area contributed by atoms with Gasteiger partial charge in [-0.05, 0) is 30.5 Å². The molecule has 1 aromatic heterocycles. The molecule has 198 valence electrons. The number of aryl methyl sites for hydroxylation is 1. The summed E-state index contributed by atoms with van der Waals surface area (Å²) in [6.45, 7) is -0.168. The summed E-state index contributed by atoms with van der Waals surface area (Å²) in [6, 6.07) is 6.19. The van der Waals surface area contributed by atoms with Crippen LogP contribution >= 0.6 is 23.4 Å². The van der Waals surface area contributed by atoms with Gasteiger partial charge in [-0.1, -0.05) is 29.4 Å². The van der Waals surface area contributed by atoms with Crippen LogP contribution in [0.4, 0.5) is 35.1 Å². The van der Waals surface area contributed by atoms with E-state index in [0.29, 0.717) is 34.8 Å². The van der Waals surface area contributed by atoms with Gasteiger partial charge in [0.2, 0.25) is 0 Å². The number of aliphatic imine (C=N–C) groups is 1. The number of halogens is 9. The average molecular weight is 572 g/mol. The van der Waals surface area contributed by atoms with Crippen molar-refractivity contribution in [2.24, 2.45) is 12.0 Å². The Morgan fingerprint density at radius 3 is 2.41 bits per heavy atom. The van der Waals surface area contributed by atoms with Crippen LogP contribution in [0.2, 0.25) is 5.02 Å². The summed E-state index contributed by atoms with van der Waals surface area (Å²) in [6.07, 6.45) is -11.0. The second-order valence-corrected chi connectivity index (χ2v) is 10.0. The first-order chi connectivity index (χ1) is 17.0. The summed E-state index contributed by atoms with van der Waals surface area (Å²) in [5.41, 5.74) is -6.33. The molecule has 2 heterocycles. The highest BCUT2D eigenvalue weighted by molar-refractivity contribution is 8.14. The van der Waals surface area contributed by atoms with Gasteiger partial charge in [-0.3, -0.25) is 14.5 Å². The standard InChI is InChI=1S/C21H14ClF8N5OS/c1-35-14(13(20(25,26)27)15(34-35)19(23,24)21(28,29)30)17-32-7-12(37-17)9-2-3-11(22)10(6-9)16(36)33-18(8-31)4-5-18/h2-3,6,12H,4-5,7H2,1H3,(H,33,36). The van der Waals surface area contributed by atoms with E-state index in [2.05, 4.69) is 15.4 Å². The molecule has 37 heavy (non-hydrogen) atoms. The summed E-state index contributed by atoms with van der Waals surface area (Å²) < 4.78 is 108. The third kappa shape index (κ3) is 4.88. The minimum atomic E-state index is -6.31. The molecule has 4 rings (SSSR count). The maximum absolute atomic E-state index is 14.0. The fourth-order valence-electron chi connectivity index (χ4n) is 3.66. The van der Waals surface area contributed by atoms with Crippen LogP contribution in [0.5, 0.6) is 0 Å². The highest BCUT2D eigenvalue weighted by Gasteiger charge is 2.64. The number of nitrogens with one attached hydrogen (secondary N) is 1. The van der Waals surface area contributed by atoms with E-state index >= 15 is 0 Å². The predicted octanol–water partition coefficient (Wildman–Crippen LogP) is 5.77. The zero-order chi connectivity index (χ0) is 27.6. The quantitative estimate of drug-likeness (QED) is 0.462. The minimum absolute atomic E-state index is 0.00152. The van der Waals surface area contributed by atoms with Gasteiger partial charge < -0.3 is 5.32 Å². The maximum atomic E-state index is 14.0. The molecule has 1 fully saturated rings. The van der Waals surface area contributed by atoms with Gasteiger partial charge in [-0.2, -0.15) is 45.5 Å². The van der Waals surface area contributed by atoms with Crippen molar-refractivity contribution in [2.45, 2.75) is 41.9 Å². The fraction of sp³-hybridized carbons (Fsp3) is 0.429. The van der Waals surface area contributed by atoms with Crippen LogP contribution in [0.15, 0.2) is 23.2 Å². The SMILES string of the molecule is Cn1nc(C(F)(F)C(F)(F)F)c(C(F)(F)F)c1C1=NCC(c2ccc(Cl)c(C(=O)NC3(C#N)CC3)c2)S1. The molecule has 2 aliphatic rings. The first-order valence-electron chi connectivity index (χ1n) is 10.3. The van der Waals surface area contributed by atoms with Gasteiger partial charge in [0, 0.05) is 7.05 Å². The third-order valence-corrected chi connectivity index (χ3v) is 7.35. The van der Waals surface area contributed by atoms with E-state index in [1.54, 1.807) is 0 Å². The van der Waals surface area contributed by atoms with E-state index < -0.39 is 57.0 Å². The van der Waals surface area contributed by atoms with Crippen molar-refractivity contribution >= 4 is 34.3 Å². The van der Waals surface area contributed by atoms with Crippen molar-refractivity contribution in [3.05, 3.63) is 51.3 Å². The topological polar surface area (TPSA) is 83.1 Å². The van der Waals surface area contributed by atoms with Gasteiger partial charge >= 0.3 is 18.3 Å². The number of hydrogen-bond acceptors (Lipinski definition) is 5. The van der Waals surface area contributed by atoms with Gasteiger partial charge in [0.15, 0.2) is 5.69 Å². The Bertz CT molecular complexity index is 1340. The van der Waals surface area contributed by atoms with Crippen molar-refractivity contribution in [3.63, 3.8) is 0 Å². The molecule has 1 aromatic carbocycles. The Kier molecular flexibility index (Phi) is 6.51. The first kappa shape index (κ1) is 27.2. The number of benzene rings is 1. The first-order valence-corrected chi connectivity index (χ1v) is 11.6. The number of thioether (sulfide) groups is 1. The van der Waals surface area contributed by atoms with Gasteiger partial charge in [0.25, 0.3) is 5.91 Å². The average Bonchev–Trinajstić information content (AvgIpc) is 3.21. The van der Waals surface area contributed by atoms with Crippen LogP contribution in [0.3, 0.4) is 0 Å². The second kappa shape index (κ2) is 8.87. The largest absolute Gasteiger partial charge is 0.459 e. The Balaban J connectivity index is 1.66. The third-order valence-electron chi connectivity index (χ3n) is 5.76. The monoisotopic (exact) mass is 571 g/mol. The van der Waals surface area contributed by atoms with Gasteiger partial charge in [-0.25, -0.2) is 0 Å². The lowest BCUT2D eigenvalue weighted by Crippen LogP contribution is -2.36. The van der Waals surface area contributed by atoms with E-state index in [1.807, 2.05) is 6.07 Å². The summed E-state index contributed by atoms with van der Waals surface area (Å²) in [5.74, 6) is -6.50. The van der Waals surface area contributed by atoms with Gasteiger partial charge in [0.05, 0.1) is 28.5 Å². The van der Waals surface area contributed by atoms with Gasteiger partial charge in [0.1, 0.15) is 21.8 Å². The Labute approximate surface area is 212 Å². The smallest absolute Gasteiger partial charge is 0.334 e. The summed E-state index contributed by atoms with van der Waals surface area (Å²) in [4.78, 5) is 16.6.